The minimum absolute atomic E-state index is 0.612. The number of halogens is 5. The summed E-state index contributed by atoms with van der Waals surface area (Å²) in [6.07, 6.45) is -1.87. The average Bonchev–Trinajstić information content (AvgIpc) is 3.24. The van der Waals surface area contributed by atoms with E-state index in [1.807, 2.05) is 0 Å². The van der Waals surface area contributed by atoms with Crippen LogP contribution in [0.15, 0.2) is 30.3 Å². The Morgan fingerprint density at radius 2 is 1.15 bits per heavy atom. The number of rotatable bonds is 2. The Hall–Kier alpha value is -1.95. The van der Waals surface area contributed by atoms with E-state index in [9.17, 15) is 22.0 Å². The van der Waals surface area contributed by atoms with Crippen LogP contribution in [0, 0.1) is 29.1 Å². The number of benzene rings is 2. The van der Waals surface area contributed by atoms with Crippen LogP contribution in [0.1, 0.15) is 23.3 Å². The quantitative estimate of drug-likeness (QED) is 0.349. The van der Waals surface area contributed by atoms with Crippen LogP contribution in [0.5, 0.6) is 0 Å². The Bertz CT molecular complexity index is 642. The van der Waals surface area contributed by atoms with Gasteiger partial charge < -0.3 is 4.74 Å². The van der Waals surface area contributed by atoms with Gasteiger partial charge in [-0.3, -0.25) is 0 Å². The first-order valence-corrected chi connectivity index (χ1v) is 5.74. The lowest BCUT2D eigenvalue weighted by atomic mass is 10.0. The summed E-state index contributed by atoms with van der Waals surface area (Å²) in [5, 5.41) is 0. The molecule has 0 radical (unpaired) electrons. The van der Waals surface area contributed by atoms with Gasteiger partial charge in [0.2, 0.25) is 5.82 Å². The molecule has 2 aromatic carbocycles. The number of ether oxygens (including phenoxy) is 1. The number of hydrogen-bond acceptors (Lipinski definition) is 1. The van der Waals surface area contributed by atoms with Crippen molar-refractivity contribution in [2.45, 2.75) is 12.2 Å². The minimum atomic E-state index is -2.17. The number of hydrogen-bond donors (Lipinski definition) is 0. The lowest BCUT2D eigenvalue weighted by molar-refractivity contribution is 0.339. The molecule has 104 valence electrons. The van der Waals surface area contributed by atoms with Gasteiger partial charge in [0.1, 0.15) is 12.2 Å². The van der Waals surface area contributed by atoms with Crippen LogP contribution in [0.2, 0.25) is 0 Å². The Morgan fingerprint density at radius 3 is 1.70 bits per heavy atom. The molecule has 0 aromatic heterocycles. The van der Waals surface area contributed by atoms with E-state index in [-0.39, 0.29) is 0 Å². The highest BCUT2D eigenvalue weighted by Crippen LogP contribution is 2.52. The maximum atomic E-state index is 13.6. The van der Waals surface area contributed by atoms with Gasteiger partial charge in [-0.1, -0.05) is 30.3 Å². The normalized spacial score (nSPS) is 21.1. The molecule has 1 fully saturated rings. The summed E-state index contributed by atoms with van der Waals surface area (Å²) in [6.45, 7) is 0. The van der Waals surface area contributed by atoms with Crippen molar-refractivity contribution >= 4 is 0 Å². The van der Waals surface area contributed by atoms with Crippen LogP contribution in [0.3, 0.4) is 0 Å². The predicted octanol–water partition coefficient (Wildman–Crippen LogP) is 4.19. The SMILES string of the molecule is Fc1c(F)c(F)c(C2OC2c2ccccc2)c(F)c1F. The lowest BCUT2D eigenvalue weighted by Gasteiger charge is -2.05. The van der Waals surface area contributed by atoms with Crippen molar-refractivity contribution in [3.63, 3.8) is 0 Å². The predicted molar refractivity (Wildman–Crippen MR) is 59.2 cm³/mol. The van der Waals surface area contributed by atoms with Crippen molar-refractivity contribution in [1.82, 2.24) is 0 Å². The van der Waals surface area contributed by atoms with Crippen molar-refractivity contribution in [1.29, 1.82) is 0 Å². The zero-order chi connectivity index (χ0) is 14.4. The first-order valence-electron chi connectivity index (χ1n) is 5.74. The number of epoxide rings is 1. The van der Waals surface area contributed by atoms with Crippen molar-refractivity contribution in [3.05, 3.63) is 70.5 Å². The second-order valence-electron chi connectivity index (χ2n) is 4.37. The molecule has 1 saturated heterocycles. The van der Waals surface area contributed by atoms with E-state index in [1.54, 1.807) is 30.3 Å². The van der Waals surface area contributed by atoms with Crippen LogP contribution in [-0.4, -0.2) is 0 Å². The van der Waals surface area contributed by atoms with Crippen molar-refractivity contribution in [3.8, 4) is 0 Å². The van der Waals surface area contributed by atoms with E-state index < -0.39 is 46.9 Å². The summed E-state index contributed by atoms with van der Waals surface area (Å²) in [7, 11) is 0. The third-order valence-electron chi connectivity index (χ3n) is 3.15. The van der Waals surface area contributed by atoms with Gasteiger partial charge in [-0.25, -0.2) is 22.0 Å². The molecule has 2 unspecified atom stereocenters. The topological polar surface area (TPSA) is 12.5 Å². The maximum absolute atomic E-state index is 13.6. The van der Waals surface area contributed by atoms with E-state index >= 15 is 0 Å². The first kappa shape index (κ1) is 13.1. The molecule has 0 spiro atoms. The van der Waals surface area contributed by atoms with Crippen LogP contribution >= 0.6 is 0 Å². The maximum Gasteiger partial charge on any atom is 0.200 e. The molecule has 0 N–H and O–H groups in total. The molecule has 1 heterocycles. The van der Waals surface area contributed by atoms with Gasteiger partial charge in [-0.05, 0) is 5.56 Å². The third kappa shape index (κ3) is 1.87. The minimum Gasteiger partial charge on any atom is -0.359 e. The molecular weight excluding hydrogens is 279 g/mol. The molecule has 1 aliphatic rings. The van der Waals surface area contributed by atoms with Crippen LogP contribution in [0.4, 0.5) is 22.0 Å². The molecular formula is C14H7F5O. The fourth-order valence-corrected chi connectivity index (χ4v) is 2.10. The van der Waals surface area contributed by atoms with Gasteiger partial charge in [0.25, 0.3) is 0 Å². The van der Waals surface area contributed by atoms with Crippen molar-refractivity contribution < 1.29 is 26.7 Å². The van der Waals surface area contributed by atoms with Crippen LogP contribution in [0.25, 0.3) is 0 Å². The Labute approximate surface area is 110 Å². The third-order valence-corrected chi connectivity index (χ3v) is 3.15. The molecule has 0 saturated carbocycles. The fourth-order valence-electron chi connectivity index (χ4n) is 2.10. The molecule has 3 rings (SSSR count). The molecule has 2 atom stereocenters. The second kappa shape index (κ2) is 4.56. The highest BCUT2D eigenvalue weighted by molar-refractivity contribution is 5.33. The van der Waals surface area contributed by atoms with E-state index in [2.05, 4.69) is 0 Å². The summed E-state index contributed by atoms with van der Waals surface area (Å²) < 4.78 is 71.4. The molecule has 1 nitrogen and oxygen atoms in total. The van der Waals surface area contributed by atoms with Gasteiger partial charge in [0, 0.05) is 0 Å². The van der Waals surface area contributed by atoms with E-state index in [4.69, 9.17) is 4.74 Å². The van der Waals surface area contributed by atoms with E-state index in [0.717, 1.165) is 0 Å². The Morgan fingerprint density at radius 1 is 0.650 bits per heavy atom. The summed E-state index contributed by atoms with van der Waals surface area (Å²) in [5.41, 5.74) is -0.309. The molecule has 0 aliphatic carbocycles. The molecule has 20 heavy (non-hydrogen) atoms. The molecule has 2 aromatic rings. The zero-order valence-electron chi connectivity index (χ0n) is 9.84. The van der Waals surface area contributed by atoms with Crippen molar-refractivity contribution in [2.24, 2.45) is 0 Å². The fraction of sp³-hybridized carbons (Fsp3) is 0.143. The zero-order valence-corrected chi connectivity index (χ0v) is 9.84. The van der Waals surface area contributed by atoms with Gasteiger partial charge >= 0.3 is 0 Å². The van der Waals surface area contributed by atoms with Gasteiger partial charge in [0.15, 0.2) is 23.3 Å². The average molecular weight is 286 g/mol. The largest absolute Gasteiger partial charge is 0.359 e. The lowest BCUT2D eigenvalue weighted by Crippen LogP contribution is -2.06. The van der Waals surface area contributed by atoms with Crippen LogP contribution < -0.4 is 0 Å². The standard InChI is InChI=1S/C14H7F5O/c15-8-7(9(16)11(18)12(19)10(8)17)14-13(20-14)6-4-2-1-3-5-6/h1-5,13-14H. The van der Waals surface area contributed by atoms with Gasteiger partial charge in [-0.2, -0.15) is 0 Å². The molecule has 6 heteroatoms. The highest BCUT2D eigenvalue weighted by Gasteiger charge is 2.46. The smallest absolute Gasteiger partial charge is 0.200 e. The second-order valence-corrected chi connectivity index (χ2v) is 4.37. The highest BCUT2D eigenvalue weighted by atomic mass is 19.2. The van der Waals surface area contributed by atoms with E-state index in [1.165, 1.54) is 0 Å². The molecule has 0 amide bonds. The molecule has 0 bridgehead atoms. The summed E-state index contributed by atoms with van der Waals surface area (Å²) in [6, 6.07) is 8.41. The summed E-state index contributed by atoms with van der Waals surface area (Å²) in [4.78, 5) is 0. The van der Waals surface area contributed by atoms with Crippen LogP contribution in [-0.2, 0) is 4.74 Å². The van der Waals surface area contributed by atoms with Gasteiger partial charge in [-0.15, -0.1) is 0 Å². The summed E-state index contributed by atoms with van der Waals surface area (Å²) in [5.74, 6) is -9.77. The Balaban J connectivity index is 2.02. The first-order chi connectivity index (χ1) is 9.52. The van der Waals surface area contributed by atoms with Gasteiger partial charge in [0.05, 0.1) is 5.56 Å². The monoisotopic (exact) mass is 286 g/mol. The summed E-state index contributed by atoms with van der Waals surface area (Å²) >= 11 is 0. The Kier molecular flexibility index (Phi) is 2.97. The molecule has 1 aliphatic heterocycles. The van der Waals surface area contributed by atoms with Crippen molar-refractivity contribution in [2.75, 3.05) is 0 Å². The van der Waals surface area contributed by atoms with E-state index in [0.29, 0.717) is 5.56 Å².